The van der Waals surface area contributed by atoms with Crippen molar-refractivity contribution in [1.82, 2.24) is 3.71 Å². The molecule has 1 unspecified atom stereocenters. The molecule has 0 spiro atoms. The Labute approximate surface area is 97.5 Å². The Bertz CT molecular complexity index is 555. The number of rotatable bonds is 1. The predicted octanol–water partition coefficient (Wildman–Crippen LogP) is 0.453. The molecule has 0 N–H and O–H groups in total. The summed E-state index contributed by atoms with van der Waals surface area (Å²) >= 11 is 0. The highest BCUT2D eigenvalue weighted by molar-refractivity contribution is 8.05. The van der Waals surface area contributed by atoms with Gasteiger partial charge in [0.05, 0.1) is 0 Å². The molecule has 1 saturated heterocycles. The molecule has 0 bridgehead atoms. The topological polar surface area (TPSA) is 71.5 Å². The second kappa shape index (κ2) is 3.72. The summed E-state index contributed by atoms with van der Waals surface area (Å²) in [7, 11) is -12.1. The Morgan fingerprint density at radius 1 is 1.06 bits per heavy atom. The van der Waals surface area contributed by atoms with Crippen LogP contribution >= 0.6 is 0 Å². The molecular formula is C5H5F6NO4S2. The third-order valence-electron chi connectivity index (χ3n) is 2.32. The summed E-state index contributed by atoms with van der Waals surface area (Å²) in [4.78, 5) is 0. The molecule has 13 heteroatoms. The Balaban J connectivity index is 3.72. The van der Waals surface area contributed by atoms with Crippen LogP contribution in [0.25, 0.3) is 0 Å². The van der Waals surface area contributed by atoms with E-state index in [1.54, 1.807) is 0 Å². The fourth-order valence-corrected chi connectivity index (χ4v) is 4.89. The van der Waals surface area contributed by atoms with Gasteiger partial charge in [-0.1, -0.05) is 3.71 Å². The molecule has 108 valence electrons. The highest BCUT2D eigenvalue weighted by atomic mass is 32.3. The van der Waals surface area contributed by atoms with E-state index >= 15 is 0 Å². The lowest BCUT2D eigenvalue weighted by Gasteiger charge is -2.39. The van der Waals surface area contributed by atoms with Crippen molar-refractivity contribution in [2.75, 3.05) is 7.05 Å². The number of hydrogen-bond donors (Lipinski definition) is 0. The SMILES string of the molecule is CN1S(=O)(=O)C(C(F)F)C(F)(F)C(F)(F)S1(=O)=O. The lowest BCUT2D eigenvalue weighted by atomic mass is 10.2. The van der Waals surface area contributed by atoms with Crippen LogP contribution in [-0.4, -0.2) is 50.4 Å². The maximum atomic E-state index is 13.0. The maximum Gasteiger partial charge on any atom is 0.423 e. The average molecular weight is 321 g/mol. The third-order valence-corrected chi connectivity index (χ3v) is 6.99. The minimum absolute atomic E-state index is 0.0107. The van der Waals surface area contributed by atoms with Gasteiger partial charge in [-0.3, -0.25) is 0 Å². The van der Waals surface area contributed by atoms with Crippen LogP contribution in [0.3, 0.4) is 0 Å². The Kier molecular flexibility index (Phi) is 3.21. The lowest BCUT2D eigenvalue weighted by molar-refractivity contribution is -0.178. The van der Waals surface area contributed by atoms with E-state index in [4.69, 9.17) is 0 Å². The van der Waals surface area contributed by atoms with Crippen molar-refractivity contribution in [3.05, 3.63) is 0 Å². The molecular weight excluding hydrogens is 316 g/mol. The normalized spacial score (nSPS) is 33.4. The Morgan fingerprint density at radius 3 is 1.78 bits per heavy atom. The van der Waals surface area contributed by atoms with Crippen LogP contribution in [0.4, 0.5) is 26.3 Å². The summed E-state index contributed by atoms with van der Waals surface area (Å²) in [5.41, 5.74) is 0. The van der Waals surface area contributed by atoms with Crippen LogP contribution in [0, 0.1) is 0 Å². The third kappa shape index (κ3) is 1.56. The first-order chi connectivity index (χ1) is 7.72. The highest BCUT2D eigenvalue weighted by Crippen LogP contribution is 2.51. The summed E-state index contributed by atoms with van der Waals surface area (Å²) in [6.07, 6.45) is -4.38. The lowest BCUT2D eigenvalue weighted by Crippen LogP contribution is -2.69. The summed E-state index contributed by atoms with van der Waals surface area (Å²) in [5.74, 6) is -5.94. The molecule has 0 aromatic heterocycles. The second-order valence-corrected chi connectivity index (χ2v) is 7.65. The van der Waals surface area contributed by atoms with Crippen LogP contribution in [0.2, 0.25) is 0 Å². The van der Waals surface area contributed by atoms with Gasteiger partial charge in [-0.05, 0) is 0 Å². The molecule has 0 aliphatic carbocycles. The number of hydrogen-bond acceptors (Lipinski definition) is 4. The van der Waals surface area contributed by atoms with Gasteiger partial charge in [0.2, 0.25) is 15.3 Å². The van der Waals surface area contributed by atoms with Gasteiger partial charge in [0.1, 0.15) is 0 Å². The van der Waals surface area contributed by atoms with Crippen molar-refractivity contribution in [2.24, 2.45) is 0 Å². The second-order valence-electron chi connectivity index (χ2n) is 3.32. The Hall–Kier alpha value is -0.560. The molecule has 1 heterocycles. The molecule has 0 aromatic rings. The standard InChI is InChI=1S/C5H5F6NO4S2/c1-12-17(13,14)2(3(6)7)4(8,9)5(10,11)18(12,15)16/h2-3H,1H3. The van der Waals surface area contributed by atoms with Gasteiger partial charge in [0.15, 0.2) is 0 Å². The first kappa shape index (κ1) is 15.5. The van der Waals surface area contributed by atoms with E-state index in [1.165, 1.54) is 0 Å². The maximum absolute atomic E-state index is 13.0. The van der Waals surface area contributed by atoms with Crippen molar-refractivity contribution in [2.45, 2.75) is 22.9 Å². The molecule has 18 heavy (non-hydrogen) atoms. The quantitative estimate of drug-likeness (QED) is 0.658. The molecule has 0 amide bonds. The molecule has 5 nitrogen and oxygen atoms in total. The van der Waals surface area contributed by atoms with Crippen molar-refractivity contribution in [3.8, 4) is 0 Å². The Morgan fingerprint density at radius 2 is 1.44 bits per heavy atom. The zero-order chi connectivity index (χ0) is 14.7. The van der Waals surface area contributed by atoms with Crippen LogP contribution in [-0.2, 0) is 20.0 Å². The van der Waals surface area contributed by atoms with Gasteiger partial charge in [-0.15, -0.1) is 0 Å². The van der Waals surface area contributed by atoms with Gasteiger partial charge in [-0.25, -0.2) is 25.6 Å². The van der Waals surface area contributed by atoms with Gasteiger partial charge < -0.3 is 0 Å². The van der Waals surface area contributed by atoms with E-state index in [1.807, 2.05) is 0 Å². The monoisotopic (exact) mass is 321 g/mol. The predicted molar refractivity (Wildman–Crippen MR) is 45.3 cm³/mol. The fourth-order valence-electron chi connectivity index (χ4n) is 1.27. The van der Waals surface area contributed by atoms with E-state index in [2.05, 4.69) is 0 Å². The summed E-state index contributed by atoms with van der Waals surface area (Å²) in [5, 5.41) is -10.1. The number of halogens is 6. The summed E-state index contributed by atoms with van der Waals surface area (Å²) in [6, 6.07) is 0. The molecule has 0 saturated carbocycles. The van der Waals surface area contributed by atoms with Crippen molar-refractivity contribution >= 4 is 20.0 Å². The van der Waals surface area contributed by atoms with E-state index in [0.29, 0.717) is 0 Å². The molecule has 1 rings (SSSR count). The molecule has 0 radical (unpaired) electrons. The number of alkyl halides is 6. The van der Waals surface area contributed by atoms with Crippen LogP contribution in [0.1, 0.15) is 0 Å². The van der Waals surface area contributed by atoms with Crippen LogP contribution in [0.15, 0.2) is 0 Å². The largest absolute Gasteiger partial charge is 0.423 e. The minimum atomic E-state index is -6.29. The molecule has 1 atom stereocenters. The van der Waals surface area contributed by atoms with E-state index in [9.17, 15) is 43.2 Å². The van der Waals surface area contributed by atoms with Crippen molar-refractivity contribution in [1.29, 1.82) is 0 Å². The first-order valence-corrected chi connectivity index (χ1v) is 6.93. The molecule has 1 aliphatic rings. The smallest absolute Gasteiger partial charge is 0.210 e. The van der Waals surface area contributed by atoms with Gasteiger partial charge in [0.25, 0.3) is 16.4 Å². The molecule has 0 aromatic carbocycles. The number of nitrogens with zero attached hydrogens (tertiary/aromatic N) is 1. The zero-order valence-electron chi connectivity index (χ0n) is 8.32. The minimum Gasteiger partial charge on any atom is -0.210 e. The van der Waals surface area contributed by atoms with Crippen LogP contribution in [0.5, 0.6) is 0 Å². The summed E-state index contributed by atoms with van der Waals surface area (Å²) < 4.78 is 120. The van der Waals surface area contributed by atoms with E-state index in [0.717, 1.165) is 0 Å². The van der Waals surface area contributed by atoms with Gasteiger partial charge in [0, 0.05) is 7.05 Å². The first-order valence-electron chi connectivity index (χ1n) is 3.98. The highest BCUT2D eigenvalue weighted by Gasteiger charge is 2.80. The van der Waals surface area contributed by atoms with Gasteiger partial charge in [-0.2, -0.15) is 17.6 Å². The van der Waals surface area contributed by atoms with Crippen molar-refractivity contribution in [3.63, 3.8) is 0 Å². The molecule has 1 fully saturated rings. The van der Waals surface area contributed by atoms with Gasteiger partial charge >= 0.3 is 11.2 Å². The number of sulfonamides is 2. The van der Waals surface area contributed by atoms with Crippen LogP contribution < -0.4 is 0 Å². The summed E-state index contributed by atoms with van der Waals surface area (Å²) in [6.45, 7) is 0. The van der Waals surface area contributed by atoms with E-state index < -0.39 is 46.6 Å². The molecule has 1 aliphatic heterocycles. The van der Waals surface area contributed by atoms with Crippen molar-refractivity contribution < 1.29 is 43.2 Å². The average Bonchev–Trinajstić information content (AvgIpc) is 2.12. The zero-order valence-corrected chi connectivity index (χ0v) is 9.95. The van der Waals surface area contributed by atoms with E-state index in [-0.39, 0.29) is 7.05 Å². The fraction of sp³-hybridized carbons (Fsp3) is 1.00.